The van der Waals surface area contributed by atoms with E-state index in [-0.39, 0.29) is 24.3 Å². The van der Waals surface area contributed by atoms with Gasteiger partial charge in [-0.25, -0.2) is 0 Å². The van der Waals surface area contributed by atoms with Crippen LogP contribution >= 0.6 is 34.4 Å². The highest BCUT2D eigenvalue weighted by atomic mass is 32.2. The van der Waals surface area contributed by atoms with E-state index in [9.17, 15) is 25.9 Å². The lowest BCUT2D eigenvalue weighted by Crippen LogP contribution is -2.36. The molecule has 38 heavy (non-hydrogen) atoms. The van der Waals surface area contributed by atoms with Crippen molar-refractivity contribution in [2.45, 2.75) is 24.3 Å². The first-order valence-corrected chi connectivity index (χ1v) is 17.3. The van der Waals surface area contributed by atoms with Crippen molar-refractivity contribution in [1.29, 1.82) is 0 Å². The van der Waals surface area contributed by atoms with Crippen molar-refractivity contribution in [2.24, 2.45) is 0 Å². The fourth-order valence-corrected chi connectivity index (χ4v) is 8.74. The first kappa shape index (κ1) is 27.4. The zero-order valence-electron chi connectivity index (χ0n) is 20.2. The molecule has 4 aromatic rings. The average molecular weight is 614 g/mol. The molecule has 5 rings (SSSR count). The van der Waals surface area contributed by atoms with Crippen molar-refractivity contribution in [3.63, 3.8) is 0 Å². The van der Waals surface area contributed by atoms with Gasteiger partial charge in [0.25, 0.3) is 25.2 Å². The summed E-state index contributed by atoms with van der Waals surface area (Å²) >= 11 is 4.68. The molecule has 0 unspecified atom stereocenters. The number of rotatable bonds is 10. The van der Waals surface area contributed by atoms with Crippen LogP contribution in [0.2, 0.25) is 0 Å². The molecule has 2 N–H and O–H groups in total. The molecule has 0 radical (unpaired) electrons. The Morgan fingerprint density at radius 2 is 1.79 bits per heavy atom. The van der Waals surface area contributed by atoms with Crippen LogP contribution in [0.25, 0.3) is 26.4 Å². The van der Waals surface area contributed by atoms with Crippen LogP contribution in [0.15, 0.2) is 51.7 Å². The van der Waals surface area contributed by atoms with Gasteiger partial charge in [0, 0.05) is 23.9 Å². The van der Waals surface area contributed by atoms with Crippen molar-refractivity contribution in [3.05, 3.63) is 51.8 Å². The van der Waals surface area contributed by atoms with E-state index >= 15 is 0 Å². The molecule has 0 saturated heterocycles. The van der Waals surface area contributed by atoms with Gasteiger partial charge in [-0.15, -0.1) is 11.3 Å². The van der Waals surface area contributed by atoms with Crippen molar-refractivity contribution in [3.8, 4) is 5.75 Å². The fraction of sp³-hybridized carbons (Fsp3) is 0.292. The van der Waals surface area contributed by atoms with Crippen LogP contribution in [0.1, 0.15) is 17.8 Å². The molecule has 2 aromatic heterocycles. The number of aromatic nitrogens is 1. The van der Waals surface area contributed by atoms with Gasteiger partial charge in [-0.3, -0.25) is 9.11 Å². The van der Waals surface area contributed by atoms with Gasteiger partial charge in [0.2, 0.25) is 5.52 Å². The summed E-state index contributed by atoms with van der Waals surface area (Å²) in [5.74, 6) is 0.0820. The fourth-order valence-electron chi connectivity index (χ4n) is 4.49. The Labute approximate surface area is 232 Å². The second-order valence-corrected chi connectivity index (χ2v) is 14.8. The molecule has 1 aliphatic rings. The minimum Gasteiger partial charge on any atom is -0.495 e. The molecule has 3 heterocycles. The second-order valence-electron chi connectivity index (χ2n) is 8.66. The summed E-state index contributed by atoms with van der Waals surface area (Å²) in [6, 6.07) is 11.9. The first-order chi connectivity index (χ1) is 18.0. The molecular formula is C24H25N2O7S5+. The number of thiazole rings is 1. The quantitative estimate of drug-likeness (QED) is 0.190. The molecule has 9 nitrogen and oxygen atoms in total. The van der Waals surface area contributed by atoms with E-state index in [4.69, 9.17) is 4.74 Å². The number of hydrogen-bond acceptors (Lipinski definition) is 9. The molecule has 2 aromatic carbocycles. The van der Waals surface area contributed by atoms with Crippen LogP contribution in [-0.2, 0) is 26.8 Å². The highest BCUT2D eigenvalue weighted by molar-refractivity contribution is 8.04. The first-order valence-electron chi connectivity index (χ1n) is 11.6. The van der Waals surface area contributed by atoms with Gasteiger partial charge in [-0.05, 0) is 30.0 Å². The highest BCUT2D eigenvalue weighted by Gasteiger charge is 2.29. The number of nitrogens with zero attached hydrogens (tertiary/aromatic N) is 2. The number of para-hydroxylation sites is 1. The zero-order valence-corrected chi connectivity index (χ0v) is 24.3. The summed E-state index contributed by atoms with van der Waals surface area (Å²) in [6.45, 7) is 0.766. The highest BCUT2D eigenvalue weighted by Crippen LogP contribution is 2.47. The Hall–Kier alpha value is -2.20. The summed E-state index contributed by atoms with van der Waals surface area (Å²) in [7, 11) is -6.54. The predicted octanol–water partition coefficient (Wildman–Crippen LogP) is 4.88. The number of fused-ring (bicyclic) bond motifs is 4. The topological polar surface area (TPSA) is 125 Å². The maximum Gasteiger partial charge on any atom is 0.265 e. The molecule has 0 spiro atoms. The Bertz CT molecular complexity index is 1760. The van der Waals surface area contributed by atoms with Crippen LogP contribution < -0.4 is 14.2 Å². The molecule has 0 saturated carbocycles. The van der Waals surface area contributed by atoms with Gasteiger partial charge in [-0.2, -0.15) is 21.4 Å². The van der Waals surface area contributed by atoms with Gasteiger partial charge in [0.15, 0.2) is 6.54 Å². The van der Waals surface area contributed by atoms with Gasteiger partial charge in [0.05, 0.1) is 45.5 Å². The number of aryl methyl sites for hydroxylation is 1. The van der Waals surface area contributed by atoms with E-state index in [1.54, 1.807) is 41.5 Å². The van der Waals surface area contributed by atoms with Crippen molar-refractivity contribution < 1.29 is 35.2 Å². The Morgan fingerprint density at radius 3 is 2.53 bits per heavy atom. The minimum atomic E-state index is -4.10. The molecular weight excluding hydrogens is 589 g/mol. The summed E-state index contributed by atoms with van der Waals surface area (Å²) in [5, 5.41) is 4.77. The summed E-state index contributed by atoms with van der Waals surface area (Å²) in [4.78, 5) is 3.07. The number of ether oxygens (including phenoxy) is 1. The van der Waals surface area contributed by atoms with Gasteiger partial charge < -0.3 is 9.64 Å². The van der Waals surface area contributed by atoms with Gasteiger partial charge in [-0.1, -0.05) is 35.2 Å². The van der Waals surface area contributed by atoms with Crippen molar-refractivity contribution >= 4 is 86.7 Å². The van der Waals surface area contributed by atoms with E-state index in [1.165, 1.54) is 0 Å². The van der Waals surface area contributed by atoms with E-state index in [1.807, 2.05) is 52.8 Å². The molecule has 202 valence electrons. The lowest BCUT2D eigenvalue weighted by molar-refractivity contribution is -0.667. The Morgan fingerprint density at radius 1 is 1.05 bits per heavy atom. The predicted molar refractivity (Wildman–Crippen MR) is 154 cm³/mol. The third-order valence-corrected chi connectivity index (χ3v) is 10.8. The molecule has 14 heteroatoms. The summed E-state index contributed by atoms with van der Waals surface area (Å²) in [6.07, 6.45) is 2.51. The monoisotopic (exact) mass is 613 g/mol. The molecule has 0 aliphatic carbocycles. The van der Waals surface area contributed by atoms with E-state index in [2.05, 4.69) is 4.57 Å². The molecule has 0 fully saturated rings. The normalized spacial score (nSPS) is 15.1. The SMILES string of the molecule is COc1cc2sc(/C=C3/Sc4ccccc4N3CCCS(=O)(=O)O)[n+](CCCS(=O)(=O)O)c2c2ccsc12. The van der Waals surface area contributed by atoms with Crippen molar-refractivity contribution in [2.75, 3.05) is 30.1 Å². The van der Waals surface area contributed by atoms with Crippen molar-refractivity contribution in [1.82, 2.24) is 0 Å². The lowest BCUT2D eigenvalue weighted by Gasteiger charge is -2.19. The maximum atomic E-state index is 11.4. The zero-order chi connectivity index (χ0) is 27.1. The van der Waals surface area contributed by atoms with Gasteiger partial charge in [0.1, 0.15) is 10.4 Å². The van der Waals surface area contributed by atoms with E-state index in [0.29, 0.717) is 13.1 Å². The standard InChI is InChI=1S/C24H24N2O7S5/c1-33-18-14-20-23(16-8-11-34-24(16)18)26(10-5-13-38(30,31)32)22(36-20)15-21-25(9-4-12-37(27,28)29)17-6-2-3-7-19(17)35-21/h2-3,6-8,11,14-15H,4-5,9-10,12-13H2,1H3,(H-,27,28,29,30,31,32)/p+1. The van der Waals surface area contributed by atoms with Crippen LogP contribution in [0.4, 0.5) is 5.69 Å². The number of benzene rings is 2. The van der Waals surface area contributed by atoms with E-state index in [0.717, 1.165) is 46.7 Å². The summed E-state index contributed by atoms with van der Waals surface area (Å²) in [5.41, 5.74) is 1.92. The Balaban J connectivity index is 1.61. The largest absolute Gasteiger partial charge is 0.495 e. The second kappa shape index (κ2) is 10.8. The molecule has 0 bridgehead atoms. The lowest BCUT2D eigenvalue weighted by atomic mass is 10.2. The molecule has 0 atom stereocenters. The third-order valence-electron chi connectivity index (χ3n) is 6.06. The van der Waals surface area contributed by atoms with Gasteiger partial charge >= 0.3 is 0 Å². The van der Waals surface area contributed by atoms with Crippen LogP contribution in [-0.4, -0.2) is 51.1 Å². The smallest absolute Gasteiger partial charge is 0.265 e. The minimum absolute atomic E-state index is 0.231. The number of methoxy groups -OCH3 is 1. The number of thioether (sulfide) groups is 1. The Kier molecular flexibility index (Phi) is 7.75. The van der Waals surface area contributed by atoms with E-state index < -0.39 is 20.2 Å². The number of anilines is 1. The number of hydrogen-bond donors (Lipinski definition) is 2. The number of thiophene rings is 1. The third kappa shape index (κ3) is 5.86. The molecule has 1 aliphatic heterocycles. The molecule has 0 amide bonds. The maximum absolute atomic E-state index is 11.4. The average Bonchev–Trinajstić information content (AvgIpc) is 3.53. The summed E-state index contributed by atoms with van der Waals surface area (Å²) < 4.78 is 73.7. The van der Waals surface area contributed by atoms with Crippen LogP contribution in [0.3, 0.4) is 0 Å². The van der Waals surface area contributed by atoms with Crippen LogP contribution in [0.5, 0.6) is 5.75 Å². The van der Waals surface area contributed by atoms with Crippen LogP contribution in [0, 0.1) is 0 Å².